The van der Waals surface area contributed by atoms with Crippen LogP contribution in [0.15, 0.2) is 0 Å². The molecule has 5 nitrogen and oxygen atoms in total. The molecule has 0 amide bonds. The molecule has 2 bridgehead atoms. The van der Waals surface area contributed by atoms with Gasteiger partial charge in [-0.2, -0.15) is 0 Å². The number of ether oxygens (including phenoxy) is 1. The van der Waals surface area contributed by atoms with Gasteiger partial charge in [0.05, 0.1) is 11.7 Å². The molecule has 0 aromatic carbocycles. The molecule has 0 aromatic rings. The molecule has 148 valence electrons. The third-order valence-corrected chi connectivity index (χ3v) is 9.28. The maximum absolute atomic E-state index is 11.2. The monoisotopic (exact) mass is 366 g/mol. The van der Waals surface area contributed by atoms with Crippen molar-refractivity contribution in [2.24, 2.45) is 28.6 Å². The predicted molar refractivity (Wildman–Crippen MR) is 96.2 cm³/mol. The normalized spacial score (nSPS) is 55.8. The van der Waals surface area contributed by atoms with Gasteiger partial charge >= 0.3 is 5.97 Å². The molecule has 4 aliphatic rings. The third-order valence-electron chi connectivity index (χ3n) is 9.28. The zero-order chi connectivity index (χ0) is 19.0. The van der Waals surface area contributed by atoms with Crippen molar-refractivity contribution in [3.8, 4) is 0 Å². The van der Waals surface area contributed by atoms with Gasteiger partial charge in [-0.1, -0.05) is 6.92 Å². The maximum Gasteiger partial charge on any atom is 0.302 e. The lowest BCUT2D eigenvalue weighted by Crippen LogP contribution is -2.65. The highest BCUT2D eigenvalue weighted by Crippen LogP contribution is 2.74. The SMILES string of the molecule is CC(=O)OCC1(O)CCC23CC1CC2CCC1C(C)(O)C(O)CCC13C. The van der Waals surface area contributed by atoms with Gasteiger partial charge in [-0.05, 0) is 86.9 Å². The molecular weight excluding hydrogens is 332 g/mol. The average Bonchev–Trinajstić information content (AvgIpc) is 2.92. The number of hydrogen-bond donors (Lipinski definition) is 3. The van der Waals surface area contributed by atoms with Gasteiger partial charge in [0.25, 0.3) is 0 Å². The summed E-state index contributed by atoms with van der Waals surface area (Å²) in [5.74, 6) is 0.492. The minimum atomic E-state index is -1.03. The molecule has 4 aliphatic carbocycles. The lowest BCUT2D eigenvalue weighted by Gasteiger charge is -2.65. The van der Waals surface area contributed by atoms with Gasteiger partial charge in [0, 0.05) is 6.92 Å². The third kappa shape index (κ3) is 2.29. The molecule has 5 heteroatoms. The molecule has 0 aromatic heterocycles. The van der Waals surface area contributed by atoms with Crippen molar-refractivity contribution in [1.29, 1.82) is 0 Å². The molecule has 0 heterocycles. The lowest BCUT2D eigenvalue weighted by molar-refractivity contribution is -0.235. The largest absolute Gasteiger partial charge is 0.463 e. The van der Waals surface area contributed by atoms with Crippen molar-refractivity contribution in [2.45, 2.75) is 89.4 Å². The Labute approximate surface area is 156 Å². The lowest BCUT2D eigenvalue weighted by atomic mass is 9.41. The van der Waals surface area contributed by atoms with E-state index in [9.17, 15) is 20.1 Å². The second kappa shape index (κ2) is 5.68. The Hall–Kier alpha value is -0.650. The van der Waals surface area contributed by atoms with Crippen molar-refractivity contribution in [3.63, 3.8) is 0 Å². The fourth-order valence-electron chi connectivity index (χ4n) is 7.77. The van der Waals surface area contributed by atoms with Gasteiger partial charge in [-0.25, -0.2) is 0 Å². The van der Waals surface area contributed by atoms with Crippen molar-refractivity contribution >= 4 is 5.97 Å². The van der Waals surface area contributed by atoms with Crippen LogP contribution in [-0.2, 0) is 9.53 Å². The van der Waals surface area contributed by atoms with E-state index in [1.807, 2.05) is 6.92 Å². The van der Waals surface area contributed by atoms with Crippen LogP contribution in [0.25, 0.3) is 0 Å². The fourth-order valence-corrected chi connectivity index (χ4v) is 7.77. The van der Waals surface area contributed by atoms with Crippen molar-refractivity contribution in [1.82, 2.24) is 0 Å². The van der Waals surface area contributed by atoms with Crippen LogP contribution >= 0.6 is 0 Å². The summed E-state index contributed by atoms with van der Waals surface area (Å²) in [6.45, 7) is 5.65. The quantitative estimate of drug-likeness (QED) is 0.653. The first kappa shape index (κ1) is 18.7. The van der Waals surface area contributed by atoms with Crippen LogP contribution < -0.4 is 0 Å². The van der Waals surface area contributed by atoms with Gasteiger partial charge < -0.3 is 20.1 Å². The summed E-state index contributed by atoms with van der Waals surface area (Å²) in [6, 6.07) is 0. The number of aliphatic hydroxyl groups excluding tert-OH is 1. The molecule has 0 radical (unpaired) electrons. The van der Waals surface area contributed by atoms with Crippen LogP contribution in [0.3, 0.4) is 0 Å². The van der Waals surface area contributed by atoms with E-state index in [1.54, 1.807) is 0 Å². The Morgan fingerprint density at radius 2 is 1.81 bits per heavy atom. The van der Waals surface area contributed by atoms with E-state index in [2.05, 4.69) is 6.92 Å². The van der Waals surface area contributed by atoms with E-state index in [1.165, 1.54) is 6.92 Å². The predicted octanol–water partition coefficient (Wildman–Crippen LogP) is 2.41. The van der Waals surface area contributed by atoms with E-state index >= 15 is 0 Å². The number of fused-ring (bicyclic) bond motifs is 2. The molecule has 0 saturated heterocycles. The molecule has 26 heavy (non-hydrogen) atoms. The highest BCUT2D eigenvalue weighted by molar-refractivity contribution is 5.65. The van der Waals surface area contributed by atoms with Crippen molar-refractivity contribution in [3.05, 3.63) is 0 Å². The van der Waals surface area contributed by atoms with Crippen LogP contribution in [-0.4, -0.2) is 45.2 Å². The summed E-state index contributed by atoms with van der Waals surface area (Å²) in [5, 5.41) is 32.7. The smallest absolute Gasteiger partial charge is 0.302 e. The van der Waals surface area contributed by atoms with Gasteiger partial charge in [0.2, 0.25) is 0 Å². The maximum atomic E-state index is 11.2. The summed E-state index contributed by atoms with van der Waals surface area (Å²) in [4.78, 5) is 11.2. The topological polar surface area (TPSA) is 87.0 Å². The van der Waals surface area contributed by atoms with E-state index in [-0.39, 0.29) is 35.2 Å². The first-order valence-electron chi connectivity index (χ1n) is 10.3. The highest BCUT2D eigenvalue weighted by atomic mass is 16.5. The van der Waals surface area contributed by atoms with Crippen LogP contribution in [0.2, 0.25) is 0 Å². The molecule has 0 aliphatic heterocycles. The minimum absolute atomic E-state index is 0.00381. The summed E-state index contributed by atoms with van der Waals surface area (Å²) < 4.78 is 5.20. The number of esters is 1. The summed E-state index contributed by atoms with van der Waals surface area (Å²) in [6.07, 6.45) is 6.48. The number of aliphatic hydroxyl groups is 3. The number of carbonyl (C=O) groups excluding carboxylic acids is 1. The molecule has 1 spiro atoms. The first-order chi connectivity index (χ1) is 12.1. The highest BCUT2D eigenvalue weighted by Gasteiger charge is 2.70. The zero-order valence-electron chi connectivity index (χ0n) is 16.3. The van der Waals surface area contributed by atoms with Gasteiger partial charge in [-0.15, -0.1) is 0 Å². The van der Waals surface area contributed by atoms with E-state index < -0.39 is 17.3 Å². The van der Waals surface area contributed by atoms with Crippen LogP contribution in [0.5, 0.6) is 0 Å². The Balaban J connectivity index is 1.64. The zero-order valence-corrected chi connectivity index (χ0v) is 16.3. The Bertz CT molecular complexity index is 603. The number of carbonyl (C=O) groups is 1. The Kier molecular flexibility index (Phi) is 4.08. The first-order valence-corrected chi connectivity index (χ1v) is 10.3. The fraction of sp³-hybridized carbons (Fsp3) is 0.952. The molecule has 4 saturated carbocycles. The Morgan fingerprint density at radius 1 is 1.08 bits per heavy atom. The number of rotatable bonds is 2. The van der Waals surface area contributed by atoms with Crippen LogP contribution in [0, 0.1) is 28.6 Å². The molecule has 4 rings (SSSR count). The van der Waals surface area contributed by atoms with E-state index in [0.29, 0.717) is 18.8 Å². The van der Waals surface area contributed by atoms with Crippen molar-refractivity contribution in [2.75, 3.05) is 6.61 Å². The number of hydrogen-bond acceptors (Lipinski definition) is 5. The average molecular weight is 366 g/mol. The summed E-state index contributed by atoms with van der Waals surface area (Å²) in [7, 11) is 0. The van der Waals surface area contributed by atoms with Crippen LogP contribution in [0.4, 0.5) is 0 Å². The van der Waals surface area contributed by atoms with E-state index in [4.69, 9.17) is 4.74 Å². The second-order valence-corrected chi connectivity index (χ2v) is 10.2. The molecule has 3 N–H and O–H groups in total. The van der Waals surface area contributed by atoms with Crippen molar-refractivity contribution < 1.29 is 24.9 Å². The van der Waals surface area contributed by atoms with E-state index in [0.717, 1.165) is 38.5 Å². The minimum Gasteiger partial charge on any atom is -0.463 e. The molecule has 8 atom stereocenters. The standard InChI is InChI=1S/C21H34O5/c1-13(22)26-12-21(25)9-8-20-11-15(21)10-14(20)4-5-16-18(20,2)7-6-17(23)19(16,3)24/h14-17,23-25H,4-12H2,1-3H3. The van der Waals surface area contributed by atoms with Gasteiger partial charge in [0.1, 0.15) is 12.2 Å². The van der Waals surface area contributed by atoms with Gasteiger partial charge in [-0.3, -0.25) is 4.79 Å². The molecule has 8 unspecified atom stereocenters. The summed E-state index contributed by atoms with van der Waals surface area (Å²) in [5.41, 5.74) is -1.81. The van der Waals surface area contributed by atoms with Crippen LogP contribution in [0.1, 0.15) is 72.1 Å². The summed E-state index contributed by atoms with van der Waals surface area (Å²) >= 11 is 0. The van der Waals surface area contributed by atoms with Gasteiger partial charge in [0.15, 0.2) is 0 Å². The molecule has 4 fully saturated rings. The molecular formula is C21H34O5. The Morgan fingerprint density at radius 3 is 2.50 bits per heavy atom. The second-order valence-electron chi connectivity index (χ2n) is 10.2.